The highest BCUT2D eigenvalue weighted by atomic mass is 16.4. The highest BCUT2D eigenvalue weighted by molar-refractivity contribution is 6.05. The lowest BCUT2D eigenvalue weighted by molar-refractivity contribution is -0.139. The quantitative estimate of drug-likeness (QED) is 0.342. The Hall–Kier alpha value is -4.99. The molecule has 1 saturated heterocycles. The first-order chi connectivity index (χ1) is 19.9. The lowest BCUT2D eigenvalue weighted by Gasteiger charge is -2.20. The molecule has 1 aliphatic heterocycles. The van der Waals surface area contributed by atoms with E-state index in [1.54, 1.807) is 0 Å². The van der Waals surface area contributed by atoms with Crippen molar-refractivity contribution in [1.29, 1.82) is 0 Å². The van der Waals surface area contributed by atoms with E-state index in [9.17, 15) is 9.90 Å². The highest BCUT2D eigenvalue weighted by Gasteiger charge is 2.60. The third-order valence-corrected chi connectivity index (χ3v) is 8.81. The number of nitrogens with zero attached hydrogens (tertiary/aromatic N) is 8. The average molecular weight is 545 g/mol. The van der Waals surface area contributed by atoms with Crippen molar-refractivity contribution in [2.75, 3.05) is 18.0 Å². The minimum absolute atomic E-state index is 0.194. The molecule has 0 bridgehead atoms. The molecule has 1 saturated carbocycles. The third kappa shape index (κ3) is 3.60. The van der Waals surface area contributed by atoms with Crippen LogP contribution in [0.5, 0.6) is 0 Å². The molecule has 5 heterocycles. The molecule has 10 heteroatoms. The Morgan fingerprint density at radius 2 is 1.73 bits per heavy atom. The van der Waals surface area contributed by atoms with Gasteiger partial charge >= 0.3 is 5.97 Å². The summed E-state index contributed by atoms with van der Waals surface area (Å²) in [6.45, 7) is 3.62. The van der Waals surface area contributed by atoms with Crippen molar-refractivity contribution in [3.05, 3.63) is 72.8 Å². The molecule has 10 nitrogen and oxygen atoms in total. The number of fused-ring (bicyclic) bond motifs is 3. The van der Waals surface area contributed by atoms with Crippen LogP contribution >= 0.6 is 0 Å². The van der Waals surface area contributed by atoms with E-state index < -0.39 is 5.97 Å². The maximum atomic E-state index is 11.4. The number of piperidine rings is 1. The van der Waals surface area contributed by atoms with Gasteiger partial charge in [0.25, 0.3) is 0 Å². The third-order valence-electron chi connectivity index (χ3n) is 8.81. The Morgan fingerprint density at radius 3 is 2.44 bits per heavy atom. The van der Waals surface area contributed by atoms with Crippen molar-refractivity contribution < 1.29 is 9.90 Å². The number of carbonyl (C=O) groups is 1. The maximum Gasteiger partial charge on any atom is 0.307 e. The van der Waals surface area contributed by atoms with Crippen molar-refractivity contribution in [3.8, 4) is 28.1 Å². The molecule has 1 aliphatic carbocycles. The maximum absolute atomic E-state index is 11.4. The summed E-state index contributed by atoms with van der Waals surface area (Å²) >= 11 is 0. The number of hydrogen-bond acceptors (Lipinski definition) is 6. The van der Waals surface area contributed by atoms with Gasteiger partial charge in [0.15, 0.2) is 0 Å². The van der Waals surface area contributed by atoms with Crippen molar-refractivity contribution in [3.63, 3.8) is 0 Å². The van der Waals surface area contributed by atoms with Crippen molar-refractivity contribution in [2.24, 2.45) is 31.8 Å². The van der Waals surface area contributed by atoms with E-state index >= 15 is 0 Å². The average Bonchev–Trinajstić information content (AvgIpc) is 3.47. The molecular weight excluding hydrogens is 516 g/mol. The normalized spacial score (nSPS) is 19.8. The van der Waals surface area contributed by atoms with Gasteiger partial charge in [0.05, 0.1) is 35.0 Å². The van der Waals surface area contributed by atoms with E-state index in [1.807, 2.05) is 71.1 Å². The number of carboxylic acid groups (broad SMARTS) is 1. The summed E-state index contributed by atoms with van der Waals surface area (Å²) < 4.78 is 5.64. The molecule has 1 N–H and O–H groups in total. The second-order valence-corrected chi connectivity index (χ2v) is 11.3. The van der Waals surface area contributed by atoms with Crippen LogP contribution in [-0.4, -0.2) is 58.5 Å². The van der Waals surface area contributed by atoms with E-state index in [0.717, 1.165) is 74.3 Å². The molecule has 2 fully saturated rings. The van der Waals surface area contributed by atoms with Gasteiger partial charge in [-0.05, 0) is 54.2 Å². The summed E-state index contributed by atoms with van der Waals surface area (Å²) in [6, 6.07) is 14.5. The Balaban J connectivity index is 1.26. The van der Waals surface area contributed by atoms with Crippen LogP contribution in [0.4, 0.5) is 5.82 Å². The number of aryl methyl sites for hydroxylation is 3. The Morgan fingerprint density at radius 1 is 0.902 bits per heavy atom. The van der Waals surface area contributed by atoms with Crippen LogP contribution in [0, 0.1) is 24.7 Å². The van der Waals surface area contributed by atoms with Gasteiger partial charge in [-0.25, -0.2) is 9.67 Å². The van der Waals surface area contributed by atoms with Gasteiger partial charge in [-0.2, -0.15) is 15.3 Å². The Labute approximate surface area is 235 Å². The predicted molar refractivity (Wildman–Crippen MR) is 156 cm³/mol. The lowest BCUT2D eigenvalue weighted by Crippen LogP contribution is -2.26. The predicted octanol–water partition coefficient (Wildman–Crippen LogP) is 4.45. The lowest BCUT2D eigenvalue weighted by atomic mass is 9.97. The van der Waals surface area contributed by atoms with E-state index in [2.05, 4.69) is 46.3 Å². The van der Waals surface area contributed by atoms with Crippen LogP contribution in [0.25, 0.3) is 49.9 Å². The van der Waals surface area contributed by atoms with Crippen molar-refractivity contribution in [2.45, 2.75) is 6.92 Å². The molecular formula is C31H28N8O2. The molecule has 0 radical (unpaired) electrons. The van der Waals surface area contributed by atoms with Crippen molar-refractivity contribution in [1.82, 2.24) is 34.3 Å². The molecule has 2 unspecified atom stereocenters. The Kier molecular flexibility index (Phi) is 4.95. The van der Waals surface area contributed by atoms with Gasteiger partial charge in [0, 0.05) is 61.5 Å². The fourth-order valence-electron chi connectivity index (χ4n) is 6.77. The first kappa shape index (κ1) is 23.9. The molecule has 2 aliphatic rings. The topological polar surface area (TPSA) is 107 Å². The molecule has 204 valence electrons. The summed E-state index contributed by atoms with van der Waals surface area (Å²) in [7, 11) is 3.86. The standard InChI is InChI=1S/C31H28N8O2/c1-17-20(18-11-33-36(2)13-18)8-9-22-29(21-5-4-6-26-23(21)14-37(3)34-26)35-39(30(17)22)19-7-10-27(32-12-19)38-15-24-25(16-38)28(24)31(40)41/h4-14,24-25,28H,15-16H2,1-3H3,(H,40,41). The second-order valence-electron chi connectivity index (χ2n) is 11.3. The van der Waals surface area contributed by atoms with Gasteiger partial charge in [-0.3, -0.25) is 14.2 Å². The number of benzene rings is 2. The summed E-state index contributed by atoms with van der Waals surface area (Å²) in [5.74, 6) is 0.466. The fraction of sp³-hybridized carbons (Fsp3) is 0.258. The van der Waals surface area contributed by atoms with Crippen LogP contribution in [0.3, 0.4) is 0 Å². The highest BCUT2D eigenvalue weighted by Crippen LogP contribution is 2.52. The number of hydrogen-bond donors (Lipinski definition) is 1. The molecule has 2 aromatic carbocycles. The van der Waals surface area contributed by atoms with E-state index in [4.69, 9.17) is 10.1 Å². The molecule has 4 aromatic heterocycles. The van der Waals surface area contributed by atoms with Crippen LogP contribution < -0.4 is 4.90 Å². The van der Waals surface area contributed by atoms with Crippen molar-refractivity contribution >= 4 is 33.6 Å². The Bertz CT molecular complexity index is 1990. The molecule has 8 rings (SSSR count). The van der Waals surface area contributed by atoms with Gasteiger partial charge in [0.1, 0.15) is 11.5 Å². The molecule has 2 atom stereocenters. The number of anilines is 1. The first-order valence-corrected chi connectivity index (χ1v) is 13.8. The fourth-order valence-corrected chi connectivity index (χ4v) is 6.77. The summed E-state index contributed by atoms with van der Waals surface area (Å²) in [6.07, 6.45) is 7.82. The molecule has 0 spiro atoms. The van der Waals surface area contributed by atoms with Crippen LogP contribution in [-0.2, 0) is 18.9 Å². The number of aliphatic carboxylic acids is 1. The summed E-state index contributed by atoms with van der Waals surface area (Å²) in [5, 5.41) is 25.7. The zero-order valence-electron chi connectivity index (χ0n) is 22.9. The molecule has 41 heavy (non-hydrogen) atoms. The summed E-state index contributed by atoms with van der Waals surface area (Å²) in [5.41, 5.74) is 7.99. The van der Waals surface area contributed by atoms with Gasteiger partial charge in [-0.15, -0.1) is 0 Å². The molecule has 0 amide bonds. The van der Waals surface area contributed by atoms with E-state index in [1.165, 1.54) is 0 Å². The number of pyridine rings is 1. The smallest absolute Gasteiger partial charge is 0.307 e. The van der Waals surface area contributed by atoms with Gasteiger partial charge < -0.3 is 10.0 Å². The number of carboxylic acids is 1. The first-order valence-electron chi connectivity index (χ1n) is 13.8. The second kappa shape index (κ2) is 8.50. The van der Waals surface area contributed by atoms with Gasteiger partial charge in [0.2, 0.25) is 0 Å². The SMILES string of the molecule is Cc1c(-c2cnn(C)c2)ccc2c(-c3cccc4nn(C)cc34)nn(-c3ccc(N4CC5C(C4)C5C(=O)O)nc3)c12. The largest absolute Gasteiger partial charge is 0.481 e. The minimum Gasteiger partial charge on any atom is -0.481 e. The van der Waals surface area contributed by atoms with Gasteiger partial charge in [-0.1, -0.05) is 18.2 Å². The van der Waals surface area contributed by atoms with E-state index in [-0.39, 0.29) is 17.8 Å². The zero-order chi connectivity index (χ0) is 28.0. The summed E-state index contributed by atoms with van der Waals surface area (Å²) in [4.78, 5) is 18.4. The number of aromatic nitrogens is 7. The minimum atomic E-state index is -0.674. The monoisotopic (exact) mass is 544 g/mol. The van der Waals surface area contributed by atoms with Crippen LogP contribution in [0.1, 0.15) is 5.56 Å². The number of rotatable bonds is 5. The van der Waals surface area contributed by atoms with Crippen LogP contribution in [0.2, 0.25) is 0 Å². The van der Waals surface area contributed by atoms with Crippen LogP contribution in [0.15, 0.2) is 67.3 Å². The molecule has 6 aromatic rings. The van der Waals surface area contributed by atoms with E-state index in [0.29, 0.717) is 0 Å². The zero-order valence-corrected chi connectivity index (χ0v) is 22.9.